The first-order valence-corrected chi connectivity index (χ1v) is 9.23. The molecule has 0 saturated carbocycles. The van der Waals surface area contributed by atoms with Gasteiger partial charge in [0.1, 0.15) is 0 Å². The Bertz CT molecular complexity index is 209. The van der Waals surface area contributed by atoms with E-state index in [4.69, 9.17) is 0 Å². The van der Waals surface area contributed by atoms with E-state index in [0.29, 0.717) is 11.8 Å². The van der Waals surface area contributed by atoms with Crippen LogP contribution in [0.3, 0.4) is 0 Å². The van der Waals surface area contributed by atoms with Crippen LogP contribution in [0.15, 0.2) is 0 Å². The van der Waals surface area contributed by atoms with Gasteiger partial charge in [-0.15, -0.1) is 0 Å². The van der Waals surface area contributed by atoms with Gasteiger partial charge in [0.05, 0.1) is 7.14 Å². The second-order valence-corrected chi connectivity index (χ2v) is 9.35. The Kier molecular flexibility index (Phi) is 8.46. The average molecular weight is 246 g/mol. The maximum atomic E-state index is 12.8. The first-order chi connectivity index (χ1) is 7.39. The van der Waals surface area contributed by atoms with E-state index >= 15 is 0 Å². The van der Waals surface area contributed by atoms with E-state index in [1.165, 1.54) is 19.3 Å². The van der Waals surface area contributed by atoms with Crippen molar-refractivity contribution in [3.63, 3.8) is 0 Å². The zero-order valence-electron chi connectivity index (χ0n) is 12.0. The lowest BCUT2D eigenvalue weighted by Crippen LogP contribution is -2.07. The Balaban J connectivity index is 4.19. The molecule has 0 fully saturated rings. The Hall–Kier alpha value is 0.230. The highest BCUT2D eigenvalue weighted by atomic mass is 31.2. The summed E-state index contributed by atoms with van der Waals surface area (Å²) >= 11 is 0. The van der Waals surface area contributed by atoms with Crippen LogP contribution in [0.1, 0.15) is 60.3 Å². The van der Waals surface area contributed by atoms with Gasteiger partial charge in [0.25, 0.3) is 0 Å². The molecule has 0 rings (SSSR count). The standard InChI is InChI=1S/C14H31OP/c1-6-7-8-10-16(15,12-14(4)5)11-9-13(2)3/h13-14H,6-12H2,1-5H3/t16-/m1/s1. The van der Waals surface area contributed by atoms with Crippen LogP contribution in [0, 0.1) is 11.8 Å². The second kappa shape index (κ2) is 8.34. The van der Waals surface area contributed by atoms with Gasteiger partial charge in [-0.2, -0.15) is 0 Å². The van der Waals surface area contributed by atoms with Gasteiger partial charge in [0, 0.05) is 18.5 Å². The monoisotopic (exact) mass is 246 g/mol. The predicted octanol–water partition coefficient (Wildman–Crippen LogP) is 5.24. The van der Waals surface area contributed by atoms with Gasteiger partial charge in [0.2, 0.25) is 0 Å². The summed E-state index contributed by atoms with van der Waals surface area (Å²) in [7, 11) is -1.86. The molecule has 98 valence electrons. The van der Waals surface area contributed by atoms with Gasteiger partial charge in [-0.3, -0.25) is 0 Å². The van der Waals surface area contributed by atoms with E-state index < -0.39 is 7.14 Å². The molecule has 0 heterocycles. The van der Waals surface area contributed by atoms with Gasteiger partial charge >= 0.3 is 0 Å². The van der Waals surface area contributed by atoms with E-state index in [1.807, 2.05) is 0 Å². The van der Waals surface area contributed by atoms with Crippen LogP contribution >= 0.6 is 7.14 Å². The minimum Gasteiger partial charge on any atom is -0.324 e. The van der Waals surface area contributed by atoms with Crippen LogP contribution in [0.4, 0.5) is 0 Å². The summed E-state index contributed by atoms with van der Waals surface area (Å²) in [6, 6.07) is 0. The third kappa shape index (κ3) is 8.39. The molecule has 0 unspecified atom stereocenters. The molecule has 0 aliphatic carbocycles. The number of hydrogen-bond donors (Lipinski definition) is 0. The molecular formula is C14H31OP. The Morgan fingerprint density at radius 3 is 2.00 bits per heavy atom. The van der Waals surface area contributed by atoms with Gasteiger partial charge < -0.3 is 4.57 Å². The molecule has 0 bridgehead atoms. The predicted molar refractivity (Wildman–Crippen MR) is 76.0 cm³/mol. The molecule has 16 heavy (non-hydrogen) atoms. The molecule has 0 aromatic heterocycles. The van der Waals surface area contributed by atoms with E-state index in [1.54, 1.807) is 0 Å². The molecule has 2 heteroatoms. The van der Waals surface area contributed by atoms with Gasteiger partial charge in [-0.1, -0.05) is 47.5 Å². The number of rotatable bonds is 9. The van der Waals surface area contributed by atoms with E-state index in [9.17, 15) is 4.57 Å². The van der Waals surface area contributed by atoms with Crippen LogP contribution in [0.2, 0.25) is 0 Å². The molecule has 0 aliphatic rings. The van der Waals surface area contributed by atoms with Gasteiger partial charge in [0.15, 0.2) is 0 Å². The summed E-state index contributed by atoms with van der Waals surface area (Å²) in [5.74, 6) is 1.27. The highest BCUT2D eigenvalue weighted by Crippen LogP contribution is 2.49. The highest BCUT2D eigenvalue weighted by molar-refractivity contribution is 7.63. The lowest BCUT2D eigenvalue weighted by molar-refractivity contribution is 0.549. The van der Waals surface area contributed by atoms with Crippen molar-refractivity contribution in [1.82, 2.24) is 0 Å². The van der Waals surface area contributed by atoms with Crippen molar-refractivity contribution >= 4 is 7.14 Å². The van der Waals surface area contributed by atoms with Crippen molar-refractivity contribution in [3.05, 3.63) is 0 Å². The largest absolute Gasteiger partial charge is 0.324 e. The molecule has 0 N–H and O–H groups in total. The lowest BCUT2D eigenvalue weighted by atomic mass is 10.2. The third-order valence-corrected chi connectivity index (χ3v) is 6.58. The van der Waals surface area contributed by atoms with Crippen molar-refractivity contribution in [1.29, 1.82) is 0 Å². The quantitative estimate of drug-likeness (QED) is 0.401. The molecule has 0 aromatic rings. The molecule has 1 atom stereocenters. The van der Waals surface area contributed by atoms with Crippen LogP contribution in [0.5, 0.6) is 0 Å². The van der Waals surface area contributed by atoms with Crippen molar-refractivity contribution in [2.75, 3.05) is 18.5 Å². The lowest BCUT2D eigenvalue weighted by Gasteiger charge is -2.21. The summed E-state index contributed by atoms with van der Waals surface area (Å²) < 4.78 is 12.8. The molecule has 0 saturated heterocycles. The van der Waals surface area contributed by atoms with E-state index in [-0.39, 0.29) is 0 Å². The van der Waals surface area contributed by atoms with Crippen LogP contribution < -0.4 is 0 Å². The molecule has 0 amide bonds. The minimum absolute atomic E-state index is 0.583. The maximum Gasteiger partial charge on any atom is 0.0880 e. The fourth-order valence-corrected chi connectivity index (χ4v) is 5.81. The molecular weight excluding hydrogens is 215 g/mol. The Morgan fingerprint density at radius 1 is 0.938 bits per heavy atom. The summed E-state index contributed by atoms with van der Waals surface area (Å²) in [5, 5.41) is 0. The van der Waals surface area contributed by atoms with Crippen LogP contribution in [-0.2, 0) is 4.57 Å². The molecule has 0 spiro atoms. The van der Waals surface area contributed by atoms with Gasteiger partial charge in [-0.05, 0) is 24.7 Å². The smallest absolute Gasteiger partial charge is 0.0880 e. The van der Waals surface area contributed by atoms with Gasteiger partial charge in [-0.25, -0.2) is 0 Å². The van der Waals surface area contributed by atoms with Crippen molar-refractivity contribution < 1.29 is 4.57 Å². The zero-order valence-corrected chi connectivity index (χ0v) is 12.9. The maximum absolute atomic E-state index is 12.8. The summed E-state index contributed by atoms with van der Waals surface area (Å²) in [6.45, 7) is 11.1. The highest BCUT2D eigenvalue weighted by Gasteiger charge is 2.22. The molecule has 0 radical (unpaired) electrons. The summed E-state index contributed by atoms with van der Waals surface area (Å²) in [6.07, 6.45) is 7.70. The summed E-state index contributed by atoms with van der Waals surface area (Å²) in [4.78, 5) is 0. The van der Waals surface area contributed by atoms with Crippen LogP contribution in [0.25, 0.3) is 0 Å². The Morgan fingerprint density at radius 2 is 1.56 bits per heavy atom. The fraction of sp³-hybridized carbons (Fsp3) is 1.00. The van der Waals surface area contributed by atoms with E-state index in [2.05, 4.69) is 34.6 Å². The topological polar surface area (TPSA) is 17.1 Å². The third-order valence-electron chi connectivity index (χ3n) is 2.98. The van der Waals surface area contributed by atoms with Crippen molar-refractivity contribution in [2.24, 2.45) is 11.8 Å². The fourth-order valence-electron chi connectivity index (χ4n) is 2.10. The number of hydrogen-bond acceptors (Lipinski definition) is 1. The molecule has 0 aromatic carbocycles. The first-order valence-electron chi connectivity index (χ1n) is 6.96. The SMILES string of the molecule is CCCCC[P@@](=O)(CCC(C)C)CC(C)C. The zero-order chi connectivity index (χ0) is 12.6. The average Bonchev–Trinajstić information content (AvgIpc) is 2.14. The second-order valence-electron chi connectivity index (χ2n) is 5.97. The van der Waals surface area contributed by atoms with Crippen molar-refractivity contribution in [3.8, 4) is 0 Å². The number of unbranched alkanes of at least 4 members (excludes halogenated alkanes) is 2. The first kappa shape index (κ1) is 16.2. The Labute approximate surface area is 103 Å². The van der Waals surface area contributed by atoms with Crippen molar-refractivity contribution in [2.45, 2.75) is 60.3 Å². The van der Waals surface area contributed by atoms with E-state index in [0.717, 1.165) is 24.9 Å². The normalized spacial score (nSPS) is 15.7. The molecule has 1 nitrogen and oxygen atoms in total. The minimum atomic E-state index is -1.86. The van der Waals surface area contributed by atoms with Crippen LogP contribution in [-0.4, -0.2) is 18.5 Å². The molecule has 0 aliphatic heterocycles. The summed E-state index contributed by atoms with van der Waals surface area (Å²) in [5.41, 5.74) is 0.